The van der Waals surface area contributed by atoms with Crippen molar-refractivity contribution in [3.05, 3.63) is 53.1 Å². The Kier molecular flexibility index (Phi) is 5.47. The Balaban J connectivity index is 1.62. The number of rotatable bonds is 5. The number of carbonyl (C=O) groups excluding carboxylic acids is 2. The second kappa shape index (κ2) is 7.79. The summed E-state index contributed by atoms with van der Waals surface area (Å²) < 4.78 is 0. The van der Waals surface area contributed by atoms with E-state index in [1.165, 1.54) is 0 Å². The zero-order valence-electron chi connectivity index (χ0n) is 14.9. The first-order valence-electron chi connectivity index (χ1n) is 8.59. The van der Waals surface area contributed by atoms with Gasteiger partial charge in [-0.15, -0.1) is 0 Å². The lowest BCUT2D eigenvalue weighted by Crippen LogP contribution is -2.30. The van der Waals surface area contributed by atoms with Crippen molar-refractivity contribution < 1.29 is 9.59 Å². The summed E-state index contributed by atoms with van der Waals surface area (Å²) in [7, 11) is 3.81. The van der Waals surface area contributed by atoms with Gasteiger partial charge in [-0.1, -0.05) is 29.8 Å². The second-order valence-corrected chi connectivity index (χ2v) is 7.13. The van der Waals surface area contributed by atoms with E-state index < -0.39 is 0 Å². The van der Waals surface area contributed by atoms with Gasteiger partial charge in [0, 0.05) is 37.1 Å². The molecule has 26 heavy (non-hydrogen) atoms. The van der Waals surface area contributed by atoms with Crippen LogP contribution in [0, 0.1) is 5.92 Å². The van der Waals surface area contributed by atoms with E-state index in [1.807, 2.05) is 49.3 Å². The SMILES string of the molecule is CN(C)c1ccc(Cl)cc1NC(=O)CCC1Cc2ccccc2NC1=O. The lowest BCUT2D eigenvalue weighted by atomic mass is 9.89. The molecule has 1 unspecified atom stereocenters. The molecule has 0 radical (unpaired) electrons. The van der Waals surface area contributed by atoms with Gasteiger partial charge >= 0.3 is 0 Å². The molecule has 2 amide bonds. The van der Waals surface area contributed by atoms with Crippen LogP contribution in [0.5, 0.6) is 0 Å². The molecule has 0 bridgehead atoms. The highest BCUT2D eigenvalue weighted by Gasteiger charge is 2.26. The summed E-state index contributed by atoms with van der Waals surface area (Å²) in [5.41, 5.74) is 3.54. The zero-order valence-corrected chi connectivity index (χ0v) is 15.6. The number of para-hydroxylation sites is 1. The van der Waals surface area contributed by atoms with E-state index in [0.717, 1.165) is 16.9 Å². The molecule has 5 nitrogen and oxygen atoms in total. The summed E-state index contributed by atoms with van der Waals surface area (Å²) in [4.78, 5) is 26.6. The first-order chi connectivity index (χ1) is 12.4. The van der Waals surface area contributed by atoms with Crippen molar-refractivity contribution in [1.82, 2.24) is 0 Å². The number of nitrogens with zero attached hydrogens (tertiary/aromatic N) is 1. The number of fused-ring (bicyclic) bond motifs is 1. The zero-order chi connectivity index (χ0) is 18.7. The van der Waals surface area contributed by atoms with Gasteiger partial charge < -0.3 is 15.5 Å². The molecule has 1 aliphatic heterocycles. The van der Waals surface area contributed by atoms with Crippen molar-refractivity contribution in [2.45, 2.75) is 19.3 Å². The fourth-order valence-corrected chi connectivity index (χ4v) is 3.33. The third-order valence-electron chi connectivity index (χ3n) is 4.55. The quantitative estimate of drug-likeness (QED) is 0.836. The molecule has 0 fully saturated rings. The molecule has 6 heteroatoms. The molecular formula is C20H22ClN3O2. The van der Waals surface area contributed by atoms with Crippen LogP contribution in [0.1, 0.15) is 18.4 Å². The van der Waals surface area contributed by atoms with Crippen LogP contribution in [-0.4, -0.2) is 25.9 Å². The Morgan fingerprint density at radius 1 is 1.27 bits per heavy atom. The summed E-state index contributed by atoms with van der Waals surface area (Å²) >= 11 is 6.05. The van der Waals surface area contributed by atoms with Gasteiger partial charge in [-0.3, -0.25) is 9.59 Å². The van der Waals surface area contributed by atoms with Crippen molar-refractivity contribution in [2.75, 3.05) is 29.6 Å². The first kappa shape index (κ1) is 18.3. The lowest BCUT2D eigenvalue weighted by Gasteiger charge is -2.24. The fourth-order valence-electron chi connectivity index (χ4n) is 3.16. The molecule has 0 saturated heterocycles. The van der Waals surface area contributed by atoms with Crippen LogP contribution < -0.4 is 15.5 Å². The van der Waals surface area contributed by atoms with Crippen molar-refractivity contribution >= 4 is 40.5 Å². The van der Waals surface area contributed by atoms with Crippen molar-refractivity contribution in [3.63, 3.8) is 0 Å². The van der Waals surface area contributed by atoms with E-state index in [0.29, 0.717) is 23.6 Å². The van der Waals surface area contributed by atoms with Gasteiger partial charge in [-0.2, -0.15) is 0 Å². The topological polar surface area (TPSA) is 61.4 Å². The summed E-state index contributed by atoms with van der Waals surface area (Å²) in [6.45, 7) is 0. The highest BCUT2D eigenvalue weighted by atomic mass is 35.5. The molecule has 2 aromatic rings. The number of halogens is 1. The number of benzene rings is 2. The van der Waals surface area contributed by atoms with Gasteiger partial charge in [0.15, 0.2) is 0 Å². The minimum atomic E-state index is -0.191. The summed E-state index contributed by atoms with van der Waals surface area (Å²) in [5, 5.41) is 6.39. The Morgan fingerprint density at radius 3 is 2.81 bits per heavy atom. The van der Waals surface area contributed by atoms with Gasteiger partial charge in [0.2, 0.25) is 11.8 Å². The van der Waals surface area contributed by atoms with E-state index in [-0.39, 0.29) is 24.2 Å². The van der Waals surface area contributed by atoms with Gasteiger partial charge in [0.1, 0.15) is 0 Å². The van der Waals surface area contributed by atoms with Gasteiger partial charge in [0.25, 0.3) is 0 Å². The summed E-state index contributed by atoms with van der Waals surface area (Å²) in [6, 6.07) is 13.2. The van der Waals surface area contributed by atoms with Gasteiger partial charge in [0.05, 0.1) is 11.4 Å². The molecular weight excluding hydrogens is 350 g/mol. The van der Waals surface area contributed by atoms with Crippen molar-refractivity contribution in [1.29, 1.82) is 0 Å². The van der Waals surface area contributed by atoms with Crippen molar-refractivity contribution in [3.8, 4) is 0 Å². The maximum atomic E-state index is 12.4. The smallest absolute Gasteiger partial charge is 0.227 e. The number of nitrogens with one attached hydrogen (secondary N) is 2. The van der Waals surface area contributed by atoms with Crippen molar-refractivity contribution in [2.24, 2.45) is 5.92 Å². The number of hydrogen-bond acceptors (Lipinski definition) is 3. The number of hydrogen-bond donors (Lipinski definition) is 2. The highest BCUT2D eigenvalue weighted by Crippen LogP contribution is 2.29. The second-order valence-electron chi connectivity index (χ2n) is 6.69. The van der Waals surface area contributed by atoms with E-state index >= 15 is 0 Å². The molecule has 2 aromatic carbocycles. The molecule has 1 heterocycles. The third kappa shape index (κ3) is 4.17. The molecule has 0 aromatic heterocycles. The Morgan fingerprint density at radius 2 is 2.04 bits per heavy atom. The molecule has 2 N–H and O–H groups in total. The minimum Gasteiger partial charge on any atom is -0.376 e. The van der Waals surface area contributed by atoms with Crippen LogP contribution >= 0.6 is 11.6 Å². The normalized spacial score (nSPS) is 15.8. The standard InChI is InChI=1S/C20H22ClN3O2/c1-24(2)18-9-8-15(21)12-17(18)22-19(25)10-7-14-11-13-5-3-4-6-16(13)23-20(14)26/h3-6,8-9,12,14H,7,10-11H2,1-2H3,(H,22,25)(H,23,26). The fraction of sp³-hybridized carbons (Fsp3) is 0.300. The van der Waals surface area contributed by atoms with Gasteiger partial charge in [-0.25, -0.2) is 0 Å². The molecule has 3 rings (SSSR count). The van der Waals surface area contributed by atoms with Crippen LogP contribution in [0.4, 0.5) is 17.1 Å². The molecule has 0 spiro atoms. The predicted molar refractivity (Wildman–Crippen MR) is 106 cm³/mol. The molecule has 136 valence electrons. The summed E-state index contributed by atoms with van der Waals surface area (Å²) in [5.74, 6) is -0.335. The van der Waals surface area contributed by atoms with Crippen LogP contribution in [0.15, 0.2) is 42.5 Å². The lowest BCUT2D eigenvalue weighted by molar-refractivity contribution is -0.121. The van der Waals surface area contributed by atoms with Crippen LogP contribution in [0.25, 0.3) is 0 Å². The van der Waals surface area contributed by atoms with E-state index in [4.69, 9.17) is 11.6 Å². The Hall–Kier alpha value is -2.53. The molecule has 0 aliphatic carbocycles. The molecule has 0 saturated carbocycles. The van der Waals surface area contributed by atoms with Crippen LogP contribution in [0.3, 0.4) is 0 Å². The maximum absolute atomic E-state index is 12.4. The van der Waals surface area contributed by atoms with E-state index in [2.05, 4.69) is 10.6 Å². The highest BCUT2D eigenvalue weighted by molar-refractivity contribution is 6.31. The van der Waals surface area contributed by atoms with E-state index in [9.17, 15) is 9.59 Å². The minimum absolute atomic E-state index is 0.0202. The monoisotopic (exact) mass is 371 g/mol. The predicted octanol–water partition coefficient (Wildman–Crippen LogP) is 3.94. The summed E-state index contributed by atoms with van der Waals surface area (Å²) in [6.07, 6.45) is 1.44. The van der Waals surface area contributed by atoms with E-state index in [1.54, 1.807) is 12.1 Å². The molecule has 1 aliphatic rings. The average molecular weight is 372 g/mol. The average Bonchev–Trinajstić information content (AvgIpc) is 2.59. The number of amides is 2. The number of anilines is 3. The van der Waals surface area contributed by atoms with Crippen LogP contribution in [0.2, 0.25) is 5.02 Å². The maximum Gasteiger partial charge on any atom is 0.227 e. The first-order valence-corrected chi connectivity index (χ1v) is 8.97. The number of carbonyl (C=O) groups is 2. The van der Waals surface area contributed by atoms with Crippen LogP contribution in [-0.2, 0) is 16.0 Å². The molecule has 1 atom stereocenters. The largest absolute Gasteiger partial charge is 0.376 e. The Bertz CT molecular complexity index is 836. The third-order valence-corrected chi connectivity index (χ3v) is 4.78. The Labute approximate surface area is 158 Å². The van der Waals surface area contributed by atoms with Gasteiger partial charge in [-0.05, 0) is 42.7 Å².